The van der Waals surface area contributed by atoms with Crippen LogP contribution in [0.2, 0.25) is 0 Å². The third kappa shape index (κ3) is 5.50. The number of carbonyl (C=O) groups excluding carboxylic acids is 1. The van der Waals surface area contributed by atoms with Crippen LogP contribution >= 0.6 is 0 Å². The third-order valence-electron chi connectivity index (χ3n) is 5.35. The van der Waals surface area contributed by atoms with Gasteiger partial charge >= 0.3 is 0 Å². The highest BCUT2D eigenvalue weighted by Crippen LogP contribution is 2.25. The fraction of sp³-hybridized carbons (Fsp3) is 0.611. The van der Waals surface area contributed by atoms with Gasteiger partial charge in [0.05, 0.1) is 17.5 Å². The van der Waals surface area contributed by atoms with E-state index in [1.165, 1.54) is 4.31 Å². The zero-order valence-corrected chi connectivity index (χ0v) is 17.4. The molecule has 10 nitrogen and oxygen atoms in total. The molecule has 0 aliphatic carbocycles. The number of nitro groups is 1. The summed E-state index contributed by atoms with van der Waals surface area (Å²) in [5, 5.41) is 13.5. The Hall–Kier alpha value is -2.15. The van der Waals surface area contributed by atoms with Gasteiger partial charge in [-0.05, 0) is 25.0 Å². The van der Waals surface area contributed by atoms with Crippen LogP contribution in [0.25, 0.3) is 0 Å². The molecule has 2 saturated heterocycles. The summed E-state index contributed by atoms with van der Waals surface area (Å²) in [5.41, 5.74) is -0.592. The van der Waals surface area contributed by atoms with E-state index < -0.39 is 32.5 Å². The van der Waals surface area contributed by atoms with Crippen LogP contribution in [0.15, 0.2) is 18.2 Å². The van der Waals surface area contributed by atoms with Crippen molar-refractivity contribution in [3.63, 3.8) is 0 Å². The van der Waals surface area contributed by atoms with Crippen LogP contribution in [-0.4, -0.2) is 78.6 Å². The van der Waals surface area contributed by atoms with Crippen LogP contribution in [-0.2, 0) is 15.0 Å². The van der Waals surface area contributed by atoms with Crippen LogP contribution in [0.4, 0.5) is 15.8 Å². The fourth-order valence-electron chi connectivity index (χ4n) is 3.71. The summed E-state index contributed by atoms with van der Waals surface area (Å²) >= 11 is 0. The maximum Gasteiger partial charge on any atom is 0.295 e. The zero-order chi connectivity index (χ0) is 21.7. The second-order valence-electron chi connectivity index (χ2n) is 7.46. The predicted molar refractivity (Wildman–Crippen MR) is 109 cm³/mol. The van der Waals surface area contributed by atoms with E-state index in [0.29, 0.717) is 26.2 Å². The molecule has 1 amide bonds. The summed E-state index contributed by atoms with van der Waals surface area (Å²) in [7, 11) is -3.50. The molecule has 2 heterocycles. The highest BCUT2D eigenvalue weighted by Gasteiger charge is 2.33. The van der Waals surface area contributed by atoms with Crippen LogP contribution in [0.1, 0.15) is 25.7 Å². The Morgan fingerprint density at radius 1 is 1.03 bits per heavy atom. The number of hydrogen-bond acceptors (Lipinski definition) is 6. The quantitative estimate of drug-likeness (QED) is 0.525. The van der Waals surface area contributed by atoms with E-state index in [4.69, 9.17) is 0 Å². The second-order valence-corrected chi connectivity index (χ2v) is 9.39. The molecule has 0 aromatic heterocycles. The molecule has 0 unspecified atom stereocenters. The van der Waals surface area contributed by atoms with Crippen molar-refractivity contribution in [1.29, 1.82) is 0 Å². The maximum absolute atomic E-state index is 13.2. The van der Waals surface area contributed by atoms with Gasteiger partial charge in [-0.3, -0.25) is 19.8 Å². The van der Waals surface area contributed by atoms with E-state index in [0.717, 1.165) is 43.9 Å². The molecule has 0 spiro atoms. The number of nitrogens with zero attached hydrogens (tertiary/aromatic N) is 4. The van der Waals surface area contributed by atoms with E-state index >= 15 is 0 Å². The van der Waals surface area contributed by atoms with E-state index in [9.17, 15) is 27.7 Å². The van der Waals surface area contributed by atoms with Gasteiger partial charge < -0.3 is 5.32 Å². The Morgan fingerprint density at radius 2 is 1.63 bits per heavy atom. The molecule has 2 aliphatic heterocycles. The maximum atomic E-state index is 13.2. The van der Waals surface area contributed by atoms with Crippen molar-refractivity contribution >= 4 is 27.5 Å². The third-order valence-corrected chi connectivity index (χ3v) is 7.38. The number of nitro benzene ring substituents is 1. The summed E-state index contributed by atoms with van der Waals surface area (Å²) in [6.45, 7) is 2.37. The number of carbonyl (C=O) groups is 1. The summed E-state index contributed by atoms with van der Waals surface area (Å²) in [6.07, 6.45) is 3.83. The number of amides is 1. The highest BCUT2D eigenvalue weighted by molar-refractivity contribution is 7.86. The zero-order valence-electron chi connectivity index (χ0n) is 16.6. The van der Waals surface area contributed by atoms with Crippen LogP contribution < -0.4 is 5.32 Å². The molecule has 0 radical (unpaired) electrons. The number of halogens is 1. The smallest absolute Gasteiger partial charge is 0.295 e. The molecular weight excluding hydrogens is 417 g/mol. The largest absolute Gasteiger partial charge is 0.319 e. The number of anilines is 1. The molecule has 3 rings (SSSR count). The highest BCUT2D eigenvalue weighted by atomic mass is 32.2. The van der Waals surface area contributed by atoms with E-state index in [1.807, 2.05) is 0 Å². The lowest BCUT2D eigenvalue weighted by Crippen LogP contribution is -2.54. The van der Waals surface area contributed by atoms with Gasteiger partial charge in [0.1, 0.15) is 11.5 Å². The van der Waals surface area contributed by atoms with Crippen LogP contribution in [0.3, 0.4) is 0 Å². The van der Waals surface area contributed by atoms with Crippen molar-refractivity contribution in [2.45, 2.75) is 25.7 Å². The van der Waals surface area contributed by atoms with Gasteiger partial charge in [0.15, 0.2) is 0 Å². The summed E-state index contributed by atoms with van der Waals surface area (Å²) in [5.74, 6) is -1.24. The van der Waals surface area contributed by atoms with E-state index in [1.54, 1.807) is 9.21 Å². The fourth-order valence-corrected chi connectivity index (χ4v) is 5.38. The molecule has 1 N–H and O–H groups in total. The molecule has 12 heteroatoms. The van der Waals surface area contributed by atoms with Gasteiger partial charge in [0.2, 0.25) is 5.91 Å². The minimum absolute atomic E-state index is 0.0356. The van der Waals surface area contributed by atoms with Crippen molar-refractivity contribution < 1.29 is 22.5 Å². The van der Waals surface area contributed by atoms with E-state index in [2.05, 4.69) is 5.32 Å². The first-order valence-corrected chi connectivity index (χ1v) is 11.4. The van der Waals surface area contributed by atoms with Crippen molar-refractivity contribution in [2.75, 3.05) is 51.1 Å². The molecule has 30 heavy (non-hydrogen) atoms. The van der Waals surface area contributed by atoms with Gasteiger partial charge in [-0.1, -0.05) is 12.8 Å². The number of piperazine rings is 1. The first-order chi connectivity index (χ1) is 14.3. The predicted octanol–water partition coefficient (Wildman–Crippen LogP) is 1.41. The minimum atomic E-state index is -3.50. The average molecular weight is 444 g/mol. The normalized spacial score (nSPS) is 19.9. The van der Waals surface area contributed by atoms with Gasteiger partial charge in [-0.25, -0.2) is 4.39 Å². The summed E-state index contributed by atoms with van der Waals surface area (Å²) in [4.78, 5) is 24.4. The van der Waals surface area contributed by atoms with Gasteiger partial charge in [0.25, 0.3) is 15.9 Å². The average Bonchev–Trinajstić information content (AvgIpc) is 3.00. The lowest BCUT2D eigenvalue weighted by Gasteiger charge is -2.36. The number of nitrogens with one attached hydrogen (secondary N) is 1. The van der Waals surface area contributed by atoms with Crippen molar-refractivity contribution in [3.05, 3.63) is 34.1 Å². The molecule has 0 atom stereocenters. The standard InChI is InChI=1S/C18H26FN5O5S/c19-15-5-6-16(17(13-15)24(26)27)20-18(25)14-21-9-11-23(12-10-21)30(28,29)22-7-3-1-2-4-8-22/h5-6,13H,1-4,7-12,14H2,(H,20,25). The Kier molecular flexibility index (Phi) is 7.34. The number of hydrogen-bond donors (Lipinski definition) is 1. The van der Waals surface area contributed by atoms with Crippen LogP contribution in [0, 0.1) is 15.9 Å². The Morgan fingerprint density at radius 3 is 2.23 bits per heavy atom. The molecule has 166 valence electrons. The van der Waals surface area contributed by atoms with Gasteiger partial charge in [0, 0.05) is 39.3 Å². The number of rotatable bonds is 6. The SMILES string of the molecule is O=C(CN1CCN(S(=O)(=O)N2CCCCCC2)CC1)Nc1ccc(F)cc1[N+](=O)[O-]. The molecule has 2 aliphatic rings. The molecule has 1 aromatic rings. The molecule has 0 saturated carbocycles. The van der Waals surface area contributed by atoms with Crippen molar-refractivity contribution in [2.24, 2.45) is 0 Å². The van der Waals surface area contributed by atoms with Gasteiger partial charge in [-0.15, -0.1) is 0 Å². The first-order valence-electron chi connectivity index (χ1n) is 9.99. The van der Waals surface area contributed by atoms with Crippen molar-refractivity contribution in [1.82, 2.24) is 13.5 Å². The second kappa shape index (κ2) is 9.77. The Balaban J connectivity index is 1.53. The number of benzene rings is 1. The lowest BCUT2D eigenvalue weighted by molar-refractivity contribution is -0.384. The van der Waals surface area contributed by atoms with Crippen LogP contribution in [0.5, 0.6) is 0 Å². The summed E-state index contributed by atoms with van der Waals surface area (Å²) in [6, 6.07) is 2.94. The Bertz CT molecular complexity index is 881. The van der Waals surface area contributed by atoms with E-state index in [-0.39, 0.29) is 25.3 Å². The Labute approximate surface area is 175 Å². The summed E-state index contributed by atoms with van der Waals surface area (Å²) < 4.78 is 41.9. The molecule has 2 fully saturated rings. The monoisotopic (exact) mass is 443 g/mol. The first kappa shape index (κ1) is 22.5. The molecule has 1 aromatic carbocycles. The van der Waals surface area contributed by atoms with Gasteiger partial charge in [-0.2, -0.15) is 17.0 Å². The lowest BCUT2D eigenvalue weighted by atomic mass is 10.2. The minimum Gasteiger partial charge on any atom is -0.319 e. The topological polar surface area (TPSA) is 116 Å². The molecule has 0 bridgehead atoms. The van der Waals surface area contributed by atoms with Crippen molar-refractivity contribution in [3.8, 4) is 0 Å². The molecular formula is C18H26FN5O5S.